The number of hydrogen-bond acceptors (Lipinski definition) is 4. The average Bonchev–Trinajstić information content (AvgIpc) is 3.19. The molecule has 0 aromatic heterocycles. The molecule has 0 amide bonds. The smallest absolute Gasteiger partial charge is 0.324 e. The third-order valence-electron chi connectivity index (χ3n) is 12.1. The maximum absolute atomic E-state index is 13.2. The lowest BCUT2D eigenvalue weighted by atomic mass is 10.0. The topological polar surface area (TPSA) is 93.1 Å². The van der Waals surface area contributed by atoms with Crippen molar-refractivity contribution in [3.05, 3.63) is 0 Å². The van der Waals surface area contributed by atoms with Crippen LogP contribution in [0.2, 0.25) is 0 Å². The minimum Gasteiger partial charge on any atom is -0.324 e. The summed E-state index contributed by atoms with van der Waals surface area (Å²) in [7, 11) is -5.32. The lowest BCUT2D eigenvalue weighted by Crippen LogP contribution is -2.13. The SMILES string of the molecule is CCCCCCCCCCCC(CCCCCCCCCCC)P(=O)(O)O.CCCCCCCCCCCC(CCCCCCCCCCC)P(=O)(OC)OCC. The van der Waals surface area contributed by atoms with E-state index in [1.807, 2.05) is 6.92 Å². The molecule has 0 aromatic carbocycles. The van der Waals surface area contributed by atoms with E-state index in [-0.39, 0.29) is 5.66 Å². The van der Waals surface area contributed by atoms with Gasteiger partial charge in [0.05, 0.1) is 17.9 Å². The molecule has 346 valence electrons. The quantitative estimate of drug-likeness (QED) is 0.0468. The first-order valence-corrected chi connectivity index (χ1v) is 28.8. The zero-order valence-corrected chi connectivity index (χ0v) is 41.4. The molecule has 2 N–H and O–H groups in total. The Bertz CT molecular complexity index is 821. The fourth-order valence-electron chi connectivity index (χ4n) is 8.19. The predicted octanol–water partition coefficient (Wildman–Crippen LogP) is 18.4. The molecular weight excluding hydrogens is 746 g/mol. The summed E-state index contributed by atoms with van der Waals surface area (Å²) in [6.45, 7) is 11.4. The minimum atomic E-state index is -3.92. The monoisotopic (exact) mass is 851 g/mol. The lowest BCUT2D eigenvalue weighted by Gasteiger charge is -2.25. The van der Waals surface area contributed by atoms with Gasteiger partial charge in [-0.15, -0.1) is 0 Å². The molecule has 6 nitrogen and oxygen atoms in total. The van der Waals surface area contributed by atoms with Gasteiger partial charge in [-0.1, -0.05) is 259 Å². The Morgan fingerprint density at radius 3 is 0.754 bits per heavy atom. The van der Waals surface area contributed by atoms with Gasteiger partial charge in [-0.2, -0.15) is 0 Å². The Morgan fingerprint density at radius 1 is 0.351 bits per heavy atom. The first-order chi connectivity index (χ1) is 27.7. The van der Waals surface area contributed by atoms with Crippen LogP contribution in [0, 0.1) is 0 Å². The summed E-state index contributed by atoms with van der Waals surface area (Å²) in [5.41, 5.74) is -0.317. The molecule has 0 radical (unpaired) electrons. The molecular formula is C49H104O6P2. The highest BCUT2D eigenvalue weighted by atomic mass is 31.2. The van der Waals surface area contributed by atoms with E-state index in [1.165, 1.54) is 193 Å². The first-order valence-electron chi connectivity index (χ1n) is 25.5. The first kappa shape index (κ1) is 59.4. The second-order valence-corrected chi connectivity index (χ2v) is 21.8. The van der Waals surface area contributed by atoms with Crippen LogP contribution in [-0.4, -0.2) is 34.8 Å². The summed E-state index contributed by atoms with van der Waals surface area (Å²) in [5, 5.41) is 0. The Balaban J connectivity index is 0. The molecule has 1 unspecified atom stereocenters. The summed E-state index contributed by atoms with van der Waals surface area (Å²) < 4.78 is 36.0. The zero-order chi connectivity index (χ0) is 42.6. The van der Waals surface area contributed by atoms with E-state index in [2.05, 4.69) is 27.7 Å². The van der Waals surface area contributed by atoms with Crippen LogP contribution >= 0.6 is 15.2 Å². The second-order valence-electron chi connectivity index (χ2n) is 17.5. The van der Waals surface area contributed by atoms with Crippen molar-refractivity contribution in [3.8, 4) is 0 Å². The molecule has 0 spiro atoms. The number of hydrogen-bond donors (Lipinski definition) is 2. The largest absolute Gasteiger partial charge is 0.333 e. The van der Waals surface area contributed by atoms with Crippen LogP contribution in [0.5, 0.6) is 0 Å². The summed E-state index contributed by atoms with van der Waals surface area (Å²) in [6.07, 6.45) is 49.7. The van der Waals surface area contributed by atoms with E-state index in [1.54, 1.807) is 7.11 Å². The van der Waals surface area contributed by atoms with Crippen molar-refractivity contribution < 1.29 is 28.0 Å². The molecule has 0 aliphatic carbocycles. The number of rotatable bonds is 45. The van der Waals surface area contributed by atoms with Crippen LogP contribution < -0.4 is 0 Å². The highest BCUT2D eigenvalue weighted by Gasteiger charge is 2.33. The van der Waals surface area contributed by atoms with E-state index < -0.39 is 20.9 Å². The second kappa shape index (κ2) is 45.8. The van der Waals surface area contributed by atoms with E-state index in [4.69, 9.17) is 9.05 Å². The van der Waals surface area contributed by atoms with E-state index in [9.17, 15) is 18.9 Å². The maximum atomic E-state index is 13.2. The van der Waals surface area contributed by atoms with Gasteiger partial charge < -0.3 is 18.8 Å². The van der Waals surface area contributed by atoms with Gasteiger partial charge >= 0.3 is 15.2 Å². The van der Waals surface area contributed by atoms with Gasteiger partial charge in [-0.05, 0) is 32.6 Å². The summed E-state index contributed by atoms with van der Waals surface area (Å²) in [6, 6.07) is 0. The van der Waals surface area contributed by atoms with Crippen molar-refractivity contribution in [2.75, 3.05) is 13.7 Å². The fourth-order valence-corrected chi connectivity index (χ4v) is 11.2. The average molecular weight is 851 g/mol. The molecule has 0 saturated carbocycles. The molecule has 0 saturated heterocycles. The Hall–Kier alpha value is 0.300. The standard InChI is InChI=1S/C26H55O3P.C23H49O3P/c1-5-8-10-12-14-16-18-20-22-24-26(30(27,28-4)29-7-3)25-23-21-19-17-15-13-11-9-6-2;1-3-5-7-9-11-13-15-17-19-21-23(27(24,25)26)22-20-18-16-14-12-10-8-6-4-2/h26H,5-25H2,1-4H3;23H,3-22H2,1-2H3,(H2,24,25,26). The highest BCUT2D eigenvalue weighted by Crippen LogP contribution is 2.55. The Labute approximate surface area is 358 Å². The van der Waals surface area contributed by atoms with Gasteiger partial charge in [-0.3, -0.25) is 9.13 Å². The molecule has 0 rings (SSSR count). The normalized spacial score (nSPS) is 13.0. The van der Waals surface area contributed by atoms with Gasteiger partial charge in [-0.25, -0.2) is 0 Å². The predicted molar refractivity (Wildman–Crippen MR) is 253 cm³/mol. The van der Waals surface area contributed by atoms with Crippen molar-refractivity contribution in [2.45, 2.75) is 303 Å². The van der Waals surface area contributed by atoms with Crippen LogP contribution in [0.4, 0.5) is 0 Å². The van der Waals surface area contributed by atoms with Gasteiger partial charge in [0.15, 0.2) is 0 Å². The van der Waals surface area contributed by atoms with E-state index in [0.717, 1.165) is 51.4 Å². The Kier molecular flexibility index (Phi) is 47.7. The highest BCUT2D eigenvalue weighted by molar-refractivity contribution is 7.54. The Morgan fingerprint density at radius 2 is 0.561 bits per heavy atom. The van der Waals surface area contributed by atoms with Crippen LogP contribution in [0.25, 0.3) is 0 Å². The molecule has 8 heteroatoms. The molecule has 1 atom stereocenters. The molecule has 0 bridgehead atoms. The summed E-state index contributed by atoms with van der Waals surface area (Å²) >= 11 is 0. The molecule has 0 aliphatic heterocycles. The molecule has 0 aromatic rings. The third kappa shape index (κ3) is 41.4. The zero-order valence-electron chi connectivity index (χ0n) is 39.6. The van der Waals surface area contributed by atoms with Crippen molar-refractivity contribution in [1.82, 2.24) is 0 Å². The molecule has 57 heavy (non-hydrogen) atoms. The summed E-state index contributed by atoms with van der Waals surface area (Å²) in [4.78, 5) is 19.3. The molecule has 0 fully saturated rings. The summed E-state index contributed by atoms with van der Waals surface area (Å²) in [5.74, 6) is 0. The van der Waals surface area contributed by atoms with E-state index in [0.29, 0.717) is 19.4 Å². The lowest BCUT2D eigenvalue weighted by molar-refractivity contribution is 0.230. The van der Waals surface area contributed by atoms with Crippen LogP contribution in [-0.2, 0) is 18.2 Å². The molecule has 0 aliphatic rings. The molecule has 0 heterocycles. The van der Waals surface area contributed by atoms with Crippen molar-refractivity contribution in [3.63, 3.8) is 0 Å². The van der Waals surface area contributed by atoms with Crippen molar-refractivity contribution in [1.29, 1.82) is 0 Å². The maximum Gasteiger partial charge on any atom is 0.333 e. The third-order valence-corrected chi connectivity index (χ3v) is 16.1. The van der Waals surface area contributed by atoms with Crippen molar-refractivity contribution in [2.24, 2.45) is 0 Å². The van der Waals surface area contributed by atoms with Gasteiger partial charge in [0.1, 0.15) is 0 Å². The number of unbranched alkanes of at least 4 members (excludes halogenated alkanes) is 32. The fraction of sp³-hybridized carbons (Fsp3) is 1.00. The van der Waals surface area contributed by atoms with Crippen LogP contribution in [0.3, 0.4) is 0 Å². The van der Waals surface area contributed by atoms with Crippen LogP contribution in [0.1, 0.15) is 291 Å². The van der Waals surface area contributed by atoms with Gasteiger partial charge in [0.25, 0.3) is 0 Å². The van der Waals surface area contributed by atoms with Gasteiger partial charge in [0.2, 0.25) is 0 Å². The minimum absolute atomic E-state index is 0.0801. The van der Waals surface area contributed by atoms with Crippen LogP contribution in [0.15, 0.2) is 0 Å². The van der Waals surface area contributed by atoms with Gasteiger partial charge in [0, 0.05) is 7.11 Å². The van der Waals surface area contributed by atoms with Crippen molar-refractivity contribution >= 4 is 15.2 Å². The van der Waals surface area contributed by atoms with E-state index >= 15 is 0 Å².